The van der Waals surface area contributed by atoms with Gasteiger partial charge in [0.25, 0.3) is 0 Å². The third-order valence-corrected chi connectivity index (χ3v) is 10.0. The van der Waals surface area contributed by atoms with Crippen LogP contribution in [0.2, 0.25) is 5.02 Å². The summed E-state index contributed by atoms with van der Waals surface area (Å²) in [4.78, 5) is 13.2. The van der Waals surface area contributed by atoms with Gasteiger partial charge in [-0.3, -0.25) is 4.90 Å². The number of nitrogens with two attached hydrogens (primary N) is 1. The molecule has 3 aliphatic heterocycles. The Kier molecular flexibility index (Phi) is 6.53. The monoisotopic (exact) mass is 614 g/mol. The van der Waals surface area contributed by atoms with Crippen LogP contribution in [0.25, 0.3) is 32.1 Å². The lowest BCUT2D eigenvalue weighted by Gasteiger charge is -2.31. The molecule has 2 fully saturated rings. The van der Waals surface area contributed by atoms with Crippen molar-refractivity contribution >= 4 is 54.7 Å². The minimum Gasteiger partial charge on any atom is -0.489 e. The highest BCUT2D eigenvalue weighted by atomic mass is 35.5. The fourth-order valence-electron chi connectivity index (χ4n) is 6.73. The Morgan fingerprint density at radius 1 is 1.29 bits per heavy atom. The number of fused-ring (bicyclic) bond motifs is 2. The number of thiophene rings is 1. The van der Waals surface area contributed by atoms with E-state index in [-0.39, 0.29) is 67.3 Å². The van der Waals surface area contributed by atoms with E-state index in [1.807, 2.05) is 17.9 Å². The molecule has 2 atom stereocenters. The van der Waals surface area contributed by atoms with Gasteiger partial charge in [-0.15, -0.1) is 11.3 Å². The molecule has 0 bridgehead atoms. The summed E-state index contributed by atoms with van der Waals surface area (Å²) in [6, 6.07) is 4.55. The van der Waals surface area contributed by atoms with E-state index in [9.17, 15) is 14.0 Å². The molecular weight excluding hydrogens is 589 g/mol. The van der Waals surface area contributed by atoms with Crippen LogP contribution in [0, 0.1) is 23.0 Å². The number of hydrogen-bond acceptors (Lipinski definition) is 9. The standard InChI is InChI=1S/C29H26ClF3N6O2S/c1-2-38-8-9-40-24-20-23(36-28(37-27(20)38)41-13-29-6-3-7-39(29)12-14(31)10-29)22(33)19(21(24)30)15-4-5-17(32)25-18(15)16(11-34)26(35)42-25/h4-5,14H,2-3,6-10,12-13,35H2,1H3/t14-,29+/m1/s1. The van der Waals surface area contributed by atoms with Gasteiger partial charge in [-0.25, -0.2) is 13.2 Å². The molecule has 218 valence electrons. The van der Waals surface area contributed by atoms with Crippen molar-refractivity contribution < 1.29 is 22.6 Å². The molecule has 0 spiro atoms. The maximum absolute atomic E-state index is 16.8. The third-order valence-electron chi connectivity index (χ3n) is 8.66. The largest absolute Gasteiger partial charge is 0.489 e. The molecule has 2 aromatic carbocycles. The molecule has 2 saturated heterocycles. The first kappa shape index (κ1) is 27.3. The lowest BCUT2D eigenvalue weighted by Crippen LogP contribution is -2.43. The van der Waals surface area contributed by atoms with E-state index >= 15 is 4.39 Å². The lowest BCUT2D eigenvalue weighted by molar-refractivity contribution is 0.107. The van der Waals surface area contributed by atoms with Crippen LogP contribution in [0.3, 0.4) is 0 Å². The molecule has 8 nitrogen and oxygen atoms in total. The van der Waals surface area contributed by atoms with Crippen LogP contribution in [-0.2, 0) is 0 Å². The van der Waals surface area contributed by atoms with Gasteiger partial charge in [-0.1, -0.05) is 17.7 Å². The fourth-order valence-corrected chi connectivity index (χ4v) is 8.01. The molecule has 4 aromatic rings. The number of aromatic nitrogens is 2. The van der Waals surface area contributed by atoms with Crippen molar-refractivity contribution in [2.75, 3.05) is 50.0 Å². The van der Waals surface area contributed by atoms with Gasteiger partial charge in [0, 0.05) is 30.5 Å². The van der Waals surface area contributed by atoms with E-state index in [4.69, 9.17) is 26.8 Å². The van der Waals surface area contributed by atoms with Crippen LogP contribution in [0.4, 0.5) is 24.0 Å². The Morgan fingerprint density at radius 2 is 2.12 bits per heavy atom. The maximum Gasteiger partial charge on any atom is 0.319 e. The van der Waals surface area contributed by atoms with Crippen molar-refractivity contribution in [3.63, 3.8) is 0 Å². The quantitative estimate of drug-likeness (QED) is 0.289. The fraction of sp³-hybridized carbons (Fsp3) is 0.414. The van der Waals surface area contributed by atoms with Gasteiger partial charge in [0.05, 0.1) is 32.8 Å². The summed E-state index contributed by atoms with van der Waals surface area (Å²) < 4.78 is 58.3. The first-order valence-corrected chi connectivity index (χ1v) is 15.0. The van der Waals surface area contributed by atoms with Crippen LogP contribution < -0.4 is 20.1 Å². The highest BCUT2D eigenvalue weighted by Crippen LogP contribution is 2.50. The van der Waals surface area contributed by atoms with Crippen LogP contribution in [0.5, 0.6) is 11.8 Å². The van der Waals surface area contributed by atoms with Crippen molar-refractivity contribution in [1.29, 1.82) is 5.26 Å². The highest BCUT2D eigenvalue weighted by Gasteiger charge is 2.49. The van der Waals surface area contributed by atoms with Gasteiger partial charge in [0.2, 0.25) is 0 Å². The zero-order valence-corrected chi connectivity index (χ0v) is 24.2. The predicted molar refractivity (Wildman–Crippen MR) is 156 cm³/mol. The summed E-state index contributed by atoms with van der Waals surface area (Å²) in [7, 11) is 0. The predicted octanol–water partition coefficient (Wildman–Crippen LogP) is 6.07. The van der Waals surface area contributed by atoms with Gasteiger partial charge >= 0.3 is 6.01 Å². The first-order chi connectivity index (χ1) is 20.3. The van der Waals surface area contributed by atoms with Gasteiger partial charge in [-0.2, -0.15) is 15.2 Å². The van der Waals surface area contributed by atoms with Gasteiger partial charge in [-0.05, 0) is 37.9 Å². The second kappa shape index (κ2) is 10.0. The summed E-state index contributed by atoms with van der Waals surface area (Å²) >= 11 is 7.80. The number of alkyl halides is 1. The molecule has 3 aliphatic rings. The summed E-state index contributed by atoms with van der Waals surface area (Å²) in [6.45, 7) is 4.54. The van der Waals surface area contributed by atoms with Crippen LogP contribution in [0.1, 0.15) is 31.7 Å². The van der Waals surface area contributed by atoms with Gasteiger partial charge < -0.3 is 20.1 Å². The van der Waals surface area contributed by atoms with Crippen molar-refractivity contribution in [3.05, 3.63) is 34.4 Å². The topological polar surface area (TPSA) is 101 Å². The molecule has 13 heteroatoms. The Morgan fingerprint density at radius 3 is 2.90 bits per heavy atom. The van der Waals surface area contributed by atoms with Crippen LogP contribution >= 0.6 is 22.9 Å². The van der Waals surface area contributed by atoms with Gasteiger partial charge in [0.1, 0.15) is 47.6 Å². The smallest absolute Gasteiger partial charge is 0.319 e. The molecule has 2 N–H and O–H groups in total. The molecule has 5 heterocycles. The minimum atomic E-state index is -0.925. The Hall–Kier alpha value is -3.53. The van der Waals surface area contributed by atoms with E-state index in [0.29, 0.717) is 37.3 Å². The summed E-state index contributed by atoms with van der Waals surface area (Å²) in [6.07, 6.45) is 1.19. The third kappa shape index (κ3) is 3.97. The summed E-state index contributed by atoms with van der Waals surface area (Å²) in [5.74, 6) is -0.771. The second-order valence-electron chi connectivity index (χ2n) is 10.9. The lowest BCUT2D eigenvalue weighted by atomic mass is 9.95. The minimum absolute atomic E-state index is 0.0405. The van der Waals surface area contributed by atoms with Crippen LogP contribution in [0.15, 0.2) is 12.1 Å². The number of ether oxygens (including phenoxy) is 2. The van der Waals surface area contributed by atoms with E-state index in [0.717, 1.165) is 30.7 Å². The number of hydrogen-bond donors (Lipinski definition) is 1. The van der Waals surface area contributed by atoms with E-state index in [2.05, 4.69) is 14.9 Å². The molecule has 42 heavy (non-hydrogen) atoms. The average molecular weight is 615 g/mol. The number of anilines is 2. The Bertz CT molecular complexity index is 1810. The second-order valence-corrected chi connectivity index (χ2v) is 12.4. The molecule has 0 amide bonds. The SMILES string of the molecule is CCN1CCOc2c(Cl)c(-c3ccc(F)c4sc(N)c(C#N)c34)c(F)c3nc(OC[C@@]45CCCN4C[C@H](F)C5)nc1c23. The number of nitriles is 1. The van der Waals surface area contributed by atoms with Gasteiger partial charge in [0.15, 0.2) is 11.6 Å². The number of nitrogens with zero attached hydrogens (tertiary/aromatic N) is 5. The summed E-state index contributed by atoms with van der Waals surface area (Å²) in [5, 5.41) is 10.4. The van der Waals surface area contributed by atoms with Crippen molar-refractivity contribution in [2.45, 2.75) is 37.9 Å². The van der Waals surface area contributed by atoms with E-state index in [1.54, 1.807) is 0 Å². The zero-order valence-electron chi connectivity index (χ0n) is 22.6. The number of benzene rings is 2. The number of halogens is 4. The maximum atomic E-state index is 16.8. The molecule has 0 unspecified atom stereocenters. The molecule has 0 radical (unpaired) electrons. The van der Waals surface area contributed by atoms with E-state index < -0.39 is 23.3 Å². The molecule has 2 aromatic heterocycles. The molecule has 0 aliphatic carbocycles. The zero-order chi connectivity index (χ0) is 29.3. The van der Waals surface area contributed by atoms with Crippen molar-refractivity contribution in [1.82, 2.24) is 14.9 Å². The number of likely N-dealkylation sites (N-methyl/N-ethyl adjacent to an activating group) is 1. The first-order valence-electron chi connectivity index (χ1n) is 13.8. The van der Waals surface area contributed by atoms with Crippen molar-refractivity contribution in [3.8, 4) is 29.0 Å². The number of rotatable bonds is 5. The van der Waals surface area contributed by atoms with Crippen LogP contribution in [-0.4, -0.2) is 66.0 Å². The Balaban J connectivity index is 1.44. The number of nitrogen functional groups attached to an aromatic ring is 1. The Labute approximate surface area is 248 Å². The van der Waals surface area contributed by atoms with Crippen molar-refractivity contribution in [2.24, 2.45) is 0 Å². The summed E-state index contributed by atoms with van der Waals surface area (Å²) in [5.41, 5.74) is 5.66. The highest BCUT2D eigenvalue weighted by molar-refractivity contribution is 7.23. The normalized spacial score (nSPS) is 21.9. The van der Waals surface area contributed by atoms with E-state index in [1.165, 1.54) is 12.1 Å². The molecular formula is C29H26ClF3N6O2S. The molecule has 0 saturated carbocycles. The molecule has 7 rings (SSSR count). The average Bonchev–Trinajstić information content (AvgIpc) is 3.57.